The predicted octanol–water partition coefficient (Wildman–Crippen LogP) is 3.22. The highest BCUT2D eigenvalue weighted by Crippen LogP contribution is 2.16. The van der Waals surface area contributed by atoms with Gasteiger partial charge >= 0.3 is 6.03 Å². The summed E-state index contributed by atoms with van der Waals surface area (Å²) in [5, 5.41) is 2.92. The van der Waals surface area contributed by atoms with Crippen LogP contribution in [-0.2, 0) is 6.54 Å². The number of amides is 2. The fourth-order valence-electron chi connectivity index (χ4n) is 2.19. The molecule has 2 amide bonds. The molecular weight excluding hydrogens is 304 g/mol. The SMILES string of the molecule is COc1ccc(OCCN(C)C(=O)NCc2ccccc2C)cc1. The lowest BCUT2D eigenvalue weighted by atomic mass is 10.1. The quantitative estimate of drug-likeness (QED) is 0.849. The van der Waals surface area contributed by atoms with Crippen molar-refractivity contribution in [3.05, 3.63) is 59.7 Å². The largest absolute Gasteiger partial charge is 0.497 e. The zero-order chi connectivity index (χ0) is 17.4. The summed E-state index contributed by atoms with van der Waals surface area (Å²) in [5.41, 5.74) is 2.29. The maximum absolute atomic E-state index is 12.1. The Morgan fingerprint density at radius 1 is 1.08 bits per heavy atom. The normalized spacial score (nSPS) is 10.1. The fourth-order valence-corrected chi connectivity index (χ4v) is 2.19. The molecule has 0 heterocycles. The number of carbonyl (C=O) groups excluding carboxylic acids is 1. The number of hydrogen-bond acceptors (Lipinski definition) is 3. The molecule has 0 aromatic heterocycles. The van der Waals surface area contributed by atoms with Crippen LogP contribution in [0.5, 0.6) is 11.5 Å². The Labute approximate surface area is 143 Å². The molecule has 5 heteroatoms. The van der Waals surface area contributed by atoms with E-state index in [0.717, 1.165) is 17.1 Å². The molecular formula is C19H24N2O3. The minimum Gasteiger partial charge on any atom is -0.497 e. The van der Waals surface area contributed by atoms with Crippen molar-refractivity contribution in [1.29, 1.82) is 0 Å². The first-order valence-corrected chi connectivity index (χ1v) is 7.90. The zero-order valence-electron chi connectivity index (χ0n) is 14.4. The molecule has 2 aromatic carbocycles. The van der Waals surface area contributed by atoms with Crippen molar-refractivity contribution in [2.24, 2.45) is 0 Å². The first-order chi connectivity index (χ1) is 11.6. The molecule has 5 nitrogen and oxygen atoms in total. The number of rotatable bonds is 7. The van der Waals surface area contributed by atoms with Crippen LogP contribution >= 0.6 is 0 Å². The number of aryl methyl sites for hydroxylation is 1. The van der Waals surface area contributed by atoms with E-state index in [4.69, 9.17) is 9.47 Å². The number of methoxy groups -OCH3 is 1. The van der Waals surface area contributed by atoms with Gasteiger partial charge < -0.3 is 19.7 Å². The van der Waals surface area contributed by atoms with Crippen molar-refractivity contribution >= 4 is 6.03 Å². The van der Waals surface area contributed by atoms with Crippen LogP contribution in [0.4, 0.5) is 4.79 Å². The monoisotopic (exact) mass is 328 g/mol. The molecule has 0 aliphatic heterocycles. The summed E-state index contributed by atoms with van der Waals surface area (Å²) < 4.78 is 10.7. The smallest absolute Gasteiger partial charge is 0.317 e. The summed E-state index contributed by atoms with van der Waals surface area (Å²) in [6.45, 7) is 3.50. The molecule has 0 atom stereocenters. The molecule has 0 aliphatic rings. The second-order valence-corrected chi connectivity index (χ2v) is 5.53. The maximum Gasteiger partial charge on any atom is 0.317 e. The van der Waals surface area contributed by atoms with Gasteiger partial charge in [-0.25, -0.2) is 4.79 Å². The Morgan fingerprint density at radius 3 is 2.42 bits per heavy atom. The number of nitrogens with zero attached hydrogens (tertiary/aromatic N) is 1. The lowest BCUT2D eigenvalue weighted by molar-refractivity contribution is 0.195. The van der Waals surface area contributed by atoms with Crippen molar-refractivity contribution in [3.8, 4) is 11.5 Å². The number of likely N-dealkylation sites (N-methyl/N-ethyl adjacent to an activating group) is 1. The Hall–Kier alpha value is -2.69. The minimum atomic E-state index is -0.114. The van der Waals surface area contributed by atoms with E-state index in [0.29, 0.717) is 19.7 Å². The molecule has 0 fully saturated rings. The van der Waals surface area contributed by atoms with Gasteiger partial charge in [0.25, 0.3) is 0 Å². The Bertz CT molecular complexity index is 656. The van der Waals surface area contributed by atoms with Gasteiger partial charge in [0.1, 0.15) is 18.1 Å². The van der Waals surface area contributed by atoms with E-state index in [-0.39, 0.29) is 6.03 Å². The van der Waals surface area contributed by atoms with E-state index < -0.39 is 0 Å². The summed E-state index contributed by atoms with van der Waals surface area (Å²) in [4.78, 5) is 13.7. The zero-order valence-corrected chi connectivity index (χ0v) is 14.4. The molecule has 0 bridgehead atoms. The summed E-state index contributed by atoms with van der Waals surface area (Å²) >= 11 is 0. The average molecular weight is 328 g/mol. The van der Waals surface area contributed by atoms with Gasteiger partial charge in [0.2, 0.25) is 0 Å². The lowest BCUT2D eigenvalue weighted by Crippen LogP contribution is -2.39. The molecule has 2 rings (SSSR count). The lowest BCUT2D eigenvalue weighted by Gasteiger charge is -2.18. The number of urea groups is 1. The Balaban J connectivity index is 1.72. The van der Waals surface area contributed by atoms with E-state index in [1.54, 1.807) is 19.1 Å². The molecule has 0 saturated heterocycles. The minimum absolute atomic E-state index is 0.114. The van der Waals surface area contributed by atoms with Crippen molar-refractivity contribution in [2.45, 2.75) is 13.5 Å². The second kappa shape index (κ2) is 8.82. The topological polar surface area (TPSA) is 50.8 Å². The molecule has 1 N–H and O–H groups in total. The van der Waals surface area contributed by atoms with Crippen molar-refractivity contribution in [2.75, 3.05) is 27.3 Å². The Morgan fingerprint density at radius 2 is 1.75 bits per heavy atom. The summed E-state index contributed by atoms with van der Waals surface area (Å²) in [6.07, 6.45) is 0. The van der Waals surface area contributed by atoms with E-state index >= 15 is 0 Å². The highest BCUT2D eigenvalue weighted by atomic mass is 16.5. The molecule has 2 aromatic rings. The average Bonchev–Trinajstić information content (AvgIpc) is 2.61. The van der Waals surface area contributed by atoms with Crippen LogP contribution in [0.15, 0.2) is 48.5 Å². The van der Waals surface area contributed by atoms with Gasteiger partial charge in [0.15, 0.2) is 0 Å². The van der Waals surface area contributed by atoms with Crippen molar-refractivity contribution in [3.63, 3.8) is 0 Å². The molecule has 0 saturated carbocycles. The Kier molecular flexibility index (Phi) is 6.49. The van der Waals surface area contributed by atoms with Gasteiger partial charge in [-0.1, -0.05) is 24.3 Å². The summed E-state index contributed by atoms with van der Waals surface area (Å²) in [5.74, 6) is 1.54. The van der Waals surface area contributed by atoms with E-state index in [1.807, 2.05) is 55.5 Å². The summed E-state index contributed by atoms with van der Waals surface area (Å²) in [7, 11) is 3.38. The van der Waals surface area contributed by atoms with Gasteiger partial charge in [-0.2, -0.15) is 0 Å². The van der Waals surface area contributed by atoms with E-state index in [1.165, 1.54) is 5.56 Å². The first-order valence-electron chi connectivity index (χ1n) is 7.90. The number of hydrogen-bond donors (Lipinski definition) is 1. The number of benzene rings is 2. The number of nitrogens with one attached hydrogen (secondary N) is 1. The van der Waals surface area contributed by atoms with Crippen LogP contribution in [0.1, 0.15) is 11.1 Å². The van der Waals surface area contributed by atoms with Gasteiger partial charge in [-0.05, 0) is 42.3 Å². The van der Waals surface area contributed by atoms with Crippen LogP contribution in [0, 0.1) is 6.92 Å². The van der Waals surface area contributed by atoms with Gasteiger partial charge in [-0.15, -0.1) is 0 Å². The van der Waals surface area contributed by atoms with Crippen LogP contribution in [0.2, 0.25) is 0 Å². The van der Waals surface area contributed by atoms with Crippen LogP contribution in [0.25, 0.3) is 0 Å². The highest BCUT2D eigenvalue weighted by Gasteiger charge is 2.08. The molecule has 0 unspecified atom stereocenters. The predicted molar refractivity (Wildman–Crippen MR) is 94.5 cm³/mol. The van der Waals surface area contributed by atoms with Crippen LogP contribution in [-0.4, -0.2) is 38.2 Å². The van der Waals surface area contributed by atoms with Gasteiger partial charge in [0.05, 0.1) is 13.7 Å². The van der Waals surface area contributed by atoms with Gasteiger partial charge in [-0.3, -0.25) is 0 Å². The van der Waals surface area contributed by atoms with Crippen LogP contribution < -0.4 is 14.8 Å². The third-order valence-electron chi connectivity index (χ3n) is 3.79. The highest BCUT2D eigenvalue weighted by molar-refractivity contribution is 5.73. The van der Waals surface area contributed by atoms with E-state index in [9.17, 15) is 4.79 Å². The molecule has 24 heavy (non-hydrogen) atoms. The molecule has 0 aliphatic carbocycles. The molecule has 0 radical (unpaired) electrons. The number of carbonyl (C=O) groups is 1. The van der Waals surface area contributed by atoms with Crippen LogP contribution in [0.3, 0.4) is 0 Å². The third kappa shape index (κ3) is 5.19. The standard InChI is InChI=1S/C19H24N2O3/c1-15-6-4-5-7-16(15)14-20-19(22)21(2)12-13-24-18-10-8-17(23-3)9-11-18/h4-11H,12-14H2,1-3H3,(H,20,22). The fraction of sp³-hybridized carbons (Fsp3) is 0.316. The summed E-state index contributed by atoms with van der Waals surface area (Å²) in [6, 6.07) is 15.3. The molecule has 128 valence electrons. The third-order valence-corrected chi connectivity index (χ3v) is 3.79. The van der Waals surface area contributed by atoms with Gasteiger partial charge in [0, 0.05) is 13.6 Å². The number of ether oxygens (including phenoxy) is 2. The molecule has 0 spiro atoms. The first kappa shape index (κ1) is 17.7. The van der Waals surface area contributed by atoms with E-state index in [2.05, 4.69) is 5.32 Å². The van der Waals surface area contributed by atoms with Crippen molar-refractivity contribution < 1.29 is 14.3 Å². The van der Waals surface area contributed by atoms with Crippen molar-refractivity contribution in [1.82, 2.24) is 10.2 Å². The maximum atomic E-state index is 12.1. The second-order valence-electron chi connectivity index (χ2n) is 5.53.